The molecule has 0 spiro atoms. The molecule has 0 heterocycles. The molecule has 0 aliphatic carbocycles. The molecule has 2 rings (SSSR count). The van der Waals surface area contributed by atoms with Crippen molar-refractivity contribution in [1.82, 2.24) is 0 Å². The van der Waals surface area contributed by atoms with Crippen molar-refractivity contribution in [3.8, 4) is 5.75 Å². The molecule has 20 heavy (non-hydrogen) atoms. The van der Waals surface area contributed by atoms with Crippen LogP contribution in [0, 0.1) is 6.92 Å². The van der Waals surface area contributed by atoms with Crippen molar-refractivity contribution in [3.63, 3.8) is 0 Å². The lowest BCUT2D eigenvalue weighted by Crippen LogP contribution is -1.92. The molecule has 0 saturated heterocycles. The summed E-state index contributed by atoms with van der Waals surface area (Å²) in [7, 11) is 0. The van der Waals surface area contributed by atoms with Crippen LogP contribution in [0.5, 0.6) is 5.75 Å². The third-order valence-corrected chi connectivity index (χ3v) is 2.76. The van der Waals surface area contributed by atoms with Gasteiger partial charge in [-0.1, -0.05) is 75.7 Å². The smallest absolute Gasteiger partial charge is 0.118 e. The summed E-state index contributed by atoms with van der Waals surface area (Å²) in [5, 5.41) is 9.64. The predicted octanol–water partition coefficient (Wildman–Crippen LogP) is 5.54. The van der Waals surface area contributed by atoms with Gasteiger partial charge >= 0.3 is 0 Å². The predicted molar refractivity (Wildman–Crippen MR) is 89.4 cm³/mol. The Morgan fingerprint density at radius 2 is 1.45 bits per heavy atom. The van der Waals surface area contributed by atoms with E-state index in [4.69, 9.17) is 0 Å². The minimum Gasteiger partial charge on any atom is -0.508 e. The number of para-hydroxylation sites is 1. The lowest BCUT2D eigenvalue weighted by atomic mass is 10.0. The van der Waals surface area contributed by atoms with Crippen LogP contribution >= 0.6 is 0 Å². The Bertz CT molecular complexity index is 475. The van der Waals surface area contributed by atoms with E-state index in [1.54, 1.807) is 6.07 Å². The van der Waals surface area contributed by atoms with E-state index in [1.807, 2.05) is 45.9 Å². The van der Waals surface area contributed by atoms with Crippen molar-refractivity contribution in [2.75, 3.05) is 0 Å². The van der Waals surface area contributed by atoms with Crippen molar-refractivity contribution in [3.05, 3.63) is 65.2 Å². The fourth-order valence-electron chi connectivity index (χ4n) is 1.87. The van der Waals surface area contributed by atoms with Crippen LogP contribution in [-0.4, -0.2) is 5.11 Å². The van der Waals surface area contributed by atoms with E-state index in [9.17, 15) is 5.11 Å². The van der Waals surface area contributed by atoms with E-state index >= 15 is 0 Å². The van der Waals surface area contributed by atoms with Crippen molar-refractivity contribution in [1.29, 1.82) is 0 Å². The molecule has 1 nitrogen and oxygen atoms in total. The number of aryl methyl sites for hydroxylation is 3. The molecule has 0 fully saturated rings. The maximum Gasteiger partial charge on any atom is 0.118 e. The lowest BCUT2D eigenvalue weighted by molar-refractivity contribution is 0.468. The molecule has 0 atom stereocenters. The van der Waals surface area contributed by atoms with Gasteiger partial charge in [0.15, 0.2) is 0 Å². The standard InChI is InChI=1S/C15H16O.2C2H6/c1-12-5-4-6-13(11-12)9-10-14-7-2-3-8-15(14)16;2*1-2/h2-8,11,16H,9-10H2,1H3;2*1-2H3. The molecule has 1 N–H and O–H groups in total. The summed E-state index contributed by atoms with van der Waals surface area (Å²) >= 11 is 0. The van der Waals surface area contributed by atoms with Crippen LogP contribution in [0.2, 0.25) is 0 Å². The second-order valence-electron chi connectivity index (χ2n) is 4.12. The third-order valence-electron chi connectivity index (χ3n) is 2.76. The van der Waals surface area contributed by atoms with Crippen molar-refractivity contribution >= 4 is 0 Å². The van der Waals surface area contributed by atoms with Gasteiger partial charge < -0.3 is 5.11 Å². The van der Waals surface area contributed by atoms with E-state index in [2.05, 4.69) is 31.2 Å². The summed E-state index contributed by atoms with van der Waals surface area (Å²) in [6, 6.07) is 16.0. The fraction of sp³-hybridized carbons (Fsp3) is 0.368. The van der Waals surface area contributed by atoms with Gasteiger partial charge in [0.25, 0.3) is 0 Å². The van der Waals surface area contributed by atoms with E-state index in [1.165, 1.54) is 11.1 Å². The molecule has 0 bridgehead atoms. The van der Waals surface area contributed by atoms with E-state index < -0.39 is 0 Å². The van der Waals surface area contributed by atoms with Gasteiger partial charge in [-0.05, 0) is 37.0 Å². The van der Waals surface area contributed by atoms with Gasteiger partial charge in [-0.3, -0.25) is 0 Å². The average molecular weight is 272 g/mol. The van der Waals surface area contributed by atoms with Gasteiger partial charge in [0, 0.05) is 0 Å². The summed E-state index contributed by atoms with van der Waals surface area (Å²) in [5.41, 5.74) is 3.63. The van der Waals surface area contributed by atoms with Crippen LogP contribution in [0.25, 0.3) is 0 Å². The van der Waals surface area contributed by atoms with Crippen LogP contribution in [0.1, 0.15) is 44.4 Å². The highest BCUT2D eigenvalue weighted by molar-refractivity contribution is 5.33. The highest BCUT2D eigenvalue weighted by Gasteiger charge is 2.00. The zero-order valence-corrected chi connectivity index (χ0v) is 13.5. The molecule has 2 aromatic carbocycles. The van der Waals surface area contributed by atoms with Gasteiger partial charge in [-0.15, -0.1) is 0 Å². The Morgan fingerprint density at radius 1 is 0.800 bits per heavy atom. The van der Waals surface area contributed by atoms with E-state index in [-0.39, 0.29) is 0 Å². The van der Waals surface area contributed by atoms with Gasteiger partial charge in [0.1, 0.15) is 5.75 Å². The molecule has 1 heteroatoms. The van der Waals surface area contributed by atoms with E-state index in [0.29, 0.717) is 5.75 Å². The largest absolute Gasteiger partial charge is 0.508 e. The van der Waals surface area contributed by atoms with Gasteiger partial charge in [0.2, 0.25) is 0 Å². The summed E-state index contributed by atoms with van der Waals surface area (Å²) in [5.74, 6) is 0.398. The SMILES string of the molecule is CC.CC.Cc1cccc(CCc2ccccc2O)c1. The number of phenols is 1. The van der Waals surface area contributed by atoms with Crippen LogP contribution in [0.3, 0.4) is 0 Å². The molecule has 2 aromatic rings. The number of hydrogen-bond acceptors (Lipinski definition) is 1. The molecule has 0 unspecified atom stereocenters. The Labute approximate surface area is 124 Å². The Balaban J connectivity index is 0.000000829. The lowest BCUT2D eigenvalue weighted by Gasteiger charge is -2.05. The minimum atomic E-state index is 0.398. The number of aromatic hydroxyl groups is 1. The van der Waals surface area contributed by atoms with E-state index in [0.717, 1.165) is 18.4 Å². The molecule has 110 valence electrons. The Kier molecular flexibility index (Phi) is 10.1. The highest BCUT2D eigenvalue weighted by atomic mass is 16.3. The molecule has 0 aliphatic heterocycles. The van der Waals surface area contributed by atoms with Gasteiger partial charge in [-0.25, -0.2) is 0 Å². The normalized spacial score (nSPS) is 8.85. The first-order valence-corrected chi connectivity index (χ1v) is 7.58. The molecule has 0 amide bonds. The number of benzene rings is 2. The Hall–Kier alpha value is -1.76. The first-order chi connectivity index (χ1) is 9.75. The minimum absolute atomic E-state index is 0.398. The Morgan fingerprint density at radius 3 is 2.05 bits per heavy atom. The van der Waals surface area contributed by atoms with Gasteiger partial charge in [-0.2, -0.15) is 0 Å². The van der Waals surface area contributed by atoms with Crippen LogP contribution in [0.15, 0.2) is 48.5 Å². The van der Waals surface area contributed by atoms with Crippen LogP contribution < -0.4 is 0 Å². The summed E-state index contributed by atoms with van der Waals surface area (Å²) < 4.78 is 0. The molecular weight excluding hydrogens is 244 g/mol. The van der Waals surface area contributed by atoms with Crippen LogP contribution in [0.4, 0.5) is 0 Å². The fourth-order valence-corrected chi connectivity index (χ4v) is 1.87. The second-order valence-corrected chi connectivity index (χ2v) is 4.12. The number of phenolic OH excluding ortho intramolecular Hbond substituents is 1. The quantitative estimate of drug-likeness (QED) is 0.778. The molecular formula is C19H28O. The van der Waals surface area contributed by atoms with Crippen LogP contribution in [-0.2, 0) is 12.8 Å². The average Bonchev–Trinajstić information content (AvgIpc) is 2.51. The van der Waals surface area contributed by atoms with Crippen molar-refractivity contribution < 1.29 is 5.11 Å². The van der Waals surface area contributed by atoms with Crippen molar-refractivity contribution in [2.24, 2.45) is 0 Å². The molecule has 0 radical (unpaired) electrons. The summed E-state index contributed by atoms with van der Waals surface area (Å²) in [6.45, 7) is 10.1. The third kappa shape index (κ3) is 6.42. The summed E-state index contributed by atoms with van der Waals surface area (Å²) in [4.78, 5) is 0. The van der Waals surface area contributed by atoms with Gasteiger partial charge in [0.05, 0.1) is 0 Å². The molecule has 0 aliphatic rings. The number of rotatable bonds is 3. The maximum absolute atomic E-state index is 9.64. The highest BCUT2D eigenvalue weighted by Crippen LogP contribution is 2.18. The number of hydrogen-bond donors (Lipinski definition) is 1. The second kappa shape index (κ2) is 11.1. The first-order valence-electron chi connectivity index (χ1n) is 7.58. The topological polar surface area (TPSA) is 20.2 Å². The monoisotopic (exact) mass is 272 g/mol. The zero-order valence-electron chi connectivity index (χ0n) is 13.5. The maximum atomic E-state index is 9.64. The molecule has 0 saturated carbocycles. The zero-order chi connectivity index (χ0) is 15.4. The molecule has 0 aromatic heterocycles. The first kappa shape index (κ1) is 18.2. The summed E-state index contributed by atoms with van der Waals surface area (Å²) in [6.07, 6.45) is 1.86. The van der Waals surface area contributed by atoms with Crippen molar-refractivity contribution in [2.45, 2.75) is 47.5 Å².